The number of methoxy groups -OCH3 is 1. The van der Waals surface area contributed by atoms with Crippen LogP contribution >= 0.6 is 12.2 Å². The third-order valence-corrected chi connectivity index (χ3v) is 7.42. The number of nitrogens with zero attached hydrogens (tertiary/aromatic N) is 3. The number of carbonyl (C=O) groups excluding carboxylic acids is 1. The summed E-state index contributed by atoms with van der Waals surface area (Å²) in [7, 11) is 1.51. The lowest BCUT2D eigenvalue weighted by molar-refractivity contribution is -0.137. The van der Waals surface area contributed by atoms with Crippen LogP contribution in [0.25, 0.3) is 5.69 Å². The number of thiocarbonyl (C=S) groups is 1. The second-order valence-electron chi connectivity index (χ2n) is 9.74. The molecular formula is C30H28F3N5O2S. The molecule has 1 saturated heterocycles. The summed E-state index contributed by atoms with van der Waals surface area (Å²) in [6.07, 6.45) is -2.84. The maximum absolute atomic E-state index is 14.0. The Morgan fingerprint density at radius 2 is 1.80 bits per heavy atom. The molecule has 212 valence electrons. The lowest BCUT2D eigenvalue weighted by atomic mass is 9.96. The predicted octanol–water partition coefficient (Wildman–Crippen LogP) is 6.65. The molecule has 2 atom stereocenters. The van der Waals surface area contributed by atoms with E-state index in [0.717, 1.165) is 17.3 Å². The fraction of sp³-hybridized carbons (Fsp3) is 0.233. The first-order valence-corrected chi connectivity index (χ1v) is 13.2. The van der Waals surface area contributed by atoms with Crippen molar-refractivity contribution >= 4 is 34.6 Å². The van der Waals surface area contributed by atoms with Crippen molar-refractivity contribution in [3.05, 3.63) is 101 Å². The van der Waals surface area contributed by atoms with Gasteiger partial charge in [0.15, 0.2) is 5.11 Å². The molecule has 2 aromatic heterocycles. The second kappa shape index (κ2) is 10.9. The third-order valence-electron chi connectivity index (χ3n) is 7.11. The van der Waals surface area contributed by atoms with Crippen LogP contribution in [0.4, 0.5) is 24.5 Å². The maximum atomic E-state index is 14.0. The number of para-hydroxylation sites is 1. The normalized spacial score (nSPS) is 17.0. The lowest BCUT2D eigenvalue weighted by Gasteiger charge is -2.29. The smallest absolute Gasteiger partial charge is 0.418 e. The Kier molecular flexibility index (Phi) is 7.48. The maximum Gasteiger partial charge on any atom is 0.418 e. The van der Waals surface area contributed by atoms with Gasteiger partial charge in [-0.1, -0.05) is 18.2 Å². The molecule has 0 unspecified atom stereocenters. The van der Waals surface area contributed by atoms with E-state index in [1.807, 2.05) is 35.2 Å². The molecule has 2 N–H and O–H groups in total. The van der Waals surface area contributed by atoms with E-state index in [0.29, 0.717) is 33.6 Å². The molecule has 0 radical (unpaired) electrons. The minimum absolute atomic E-state index is 0.0492. The van der Waals surface area contributed by atoms with Crippen molar-refractivity contribution in [3.63, 3.8) is 0 Å². The number of anilines is 2. The molecule has 1 amide bonds. The van der Waals surface area contributed by atoms with Gasteiger partial charge in [0.1, 0.15) is 5.75 Å². The highest BCUT2D eigenvalue weighted by Gasteiger charge is 2.43. The average Bonchev–Trinajstić information content (AvgIpc) is 3.43. The topological polar surface area (TPSA) is 71.4 Å². The van der Waals surface area contributed by atoms with Crippen molar-refractivity contribution in [2.75, 3.05) is 17.3 Å². The summed E-state index contributed by atoms with van der Waals surface area (Å²) in [5.74, 6) is 0.208. The van der Waals surface area contributed by atoms with Crippen LogP contribution in [0.3, 0.4) is 0 Å². The molecule has 0 aliphatic carbocycles. The number of hydrogen-bond acceptors (Lipinski definition) is 4. The highest BCUT2D eigenvalue weighted by molar-refractivity contribution is 7.80. The molecule has 11 heteroatoms. The van der Waals surface area contributed by atoms with Gasteiger partial charge in [0.2, 0.25) is 5.91 Å². The highest BCUT2D eigenvalue weighted by Crippen LogP contribution is 2.45. The minimum Gasteiger partial charge on any atom is -0.495 e. The van der Waals surface area contributed by atoms with Gasteiger partial charge in [-0.25, -0.2) is 0 Å². The van der Waals surface area contributed by atoms with Crippen LogP contribution in [-0.4, -0.2) is 27.7 Å². The van der Waals surface area contributed by atoms with Crippen LogP contribution in [0.15, 0.2) is 72.9 Å². The number of rotatable bonds is 6. The van der Waals surface area contributed by atoms with Gasteiger partial charge in [-0.15, -0.1) is 0 Å². The number of amides is 1. The van der Waals surface area contributed by atoms with E-state index in [4.69, 9.17) is 17.0 Å². The average molecular weight is 580 g/mol. The van der Waals surface area contributed by atoms with Gasteiger partial charge < -0.3 is 24.8 Å². The van der Waals surface area contributed by atoms with Crippen molar-refractivity contribution in [2.24, 2.45) is 0 Å². The quantitative estimate of drug-likeness (QED) is 0.249. The second-order valence-corrected chi connectivity index (χ2v) is 10.1. The van der Waals surface area contributed by atoms with Gasteiger partial charge in [0.05, 0.1) is 41.8 Å². The molecule has 1 fully saturated rings. The van der Waals surface area contributed by atoms with Crippen LogP contribution in [0.2, 0.25) is 0 Å². The molecule has 0 bridgehead atoms. The SMILES string of the molecule is COc1ccc(N2C(=S)N[C@@H](c3ccccn3)[C@H]2c2cc(C)n(-c3ccccc3C(F)(F)F)c2C)cc1NC(C)=O. The summed E-state index contributed by atoms with van der Waals surface area (Å²) >= 11 is 5.83. The molecule has 7 nitrogen and oxygen atoms in total. The van der Waals surface area contributed by atoms with Gasteiger partial charge in [0.25, 0.3) is 0 Å². The summed E-state index contributed by atoms with van der Waals surface area (Å²) in [5, 5.41) is 6.57. The number of pyridine rings is 1. The van der Waals surface area contributed by atoms with Crippen molar-refractivity contribution in [1.29, 1.82) is 0 Å². The van der Waals surface area contributed by atoms with Crippen LogP contribution in [0, 0.1) is 13.8 Å². The Morgan fingerprint density at radius 3 is 2.46 bits per heavy atom. The third kappa shape index (κ3) is 5.24. The van der Waals surface area contributed by atoms with Crippen LogP contribution in [-0.2, 0) is 11.0 Å². The number of benzene rings is 2. The molecule has 4 aromatic rings. The van der Waals surface area contributed by atoms with E-state index in [9.17, 15) is 18.0 Å². The standard InChI is InChI=1S/C30H28F3N5O2S/c1-17-15-21(18(2)37(17)25-11-6-5-9-22(25)30(31,32)33)28-27(23-10-7-8-14-34-23)36-29(41)38(28)20-12-13-26(40-4)24(16-20)35-19(3)39/h5-16,27-28H,1-4H3,(H,35,39)(H,36,41)/t27-,28+/m0/s1. The first-order valence-electron chi connectivity index (χ1n) is 12.8. The molecular weight excluding hydrogens is 551 g/mol. The first-order chi connectivity index (χ1) is 19.5. The van der Waals surface area contributed by atoms with Crippen LogP contribution in [0.1, 0.15) is 47.2 Å². The zero-order valence-electron chi connectivity index (χ0n) is 22.8. The summed E-state index contributed by atoms with van der Waals surface area (Å²) < 4.78 is 49.1. The van der Waals surface area contributed by atoms with E-state index in [1.54, 1.807) is 42.8 Å². The van der Waals surface area contributed by atoms with E-state index >= 15 is 0 Å². The minimum atomic E-state index is -4.53. The van der Waals surface area contributed by atoms with Gasteiger partial charge in [0, 0.05) is 30.2 Å². The summed E-state index contributed by atoms with van der Waals surface area (Å²) in [5.41, 5.74) is 3.23. The number of nitrogens with one attached hydrogen (secondary N) is 2. The number of ether oxygens (including phenoxy) is 1. The summed E-state index contributed by atoms with van der Waals surface area (Å²) in [6, 6.07) is 17.4. The number of halogens is 3. The van der Waals surface area contributed by atoms with Gasteiger partial charge >= 0.3 is 6.18 Å². The van der Waals surface area contributed by atoms with Crippen molar-refractivity contribution in [3.8, 4) is 11.4 Å². The van der Waals surface area contributed by atoms with Gasteiger partial charge in [-0.3, -0.25) is 9.78 Å². The Hall–Kier alpha value is -4.38. The van der Waals surface area contributed by atoms with E-state index in [-0.39, 0.29) is 11.6 Å². The number of carbonyl (C=O) groups is 1. The monoisotopic (exact) mass is 579 g/mol. The van der Waals surface area contributed by atoms with Gasteiger partial charge in [-0.2, -0.15) is 13.2 Å². The fourth-order valence-electron chi connectivity index (χ4n) is 5.45. The zero-order valence-corrected chi connectivity index (χ0v) is 23.6. The molecule has 0 spiro atoms. The molecule has 41 heavy (non-hydrogen) atoms. The van der Waals surface area contributed by atoms with Crippen LogP contribution < -0.4 is 20.3 Å². The number of hydrogen-bond donors (Lipinski definition) is 2. The molecule has 1 aliphatic rings. The summed E-state index contributed by atoms with van der Waals surface area (Å²) in [4.78, 5) is 18.4. The Labute approximate surface area is 241 Å². The number of aromatic nitrogens is 2. The van der Waals surface area contributed by atoms with Crippen molar-refractivity contribution in [2.45, 2.75) is 39.0 Å². The van der Waals surface area contributed by atoms with E-state index < -0.39 is 23.8 Å². The molecule has 5 rings (SSSR count). The van der Waals surface area contributed by atoms with E-state index in [2.05, 4.69) is 15.6 Å². The highest BCUT2D eigenvalue weighted by atomic mass is 32.1. The Balaban J connectivity index is 1.70. The molecule has 2 aromatic carbocycles. The Morgan fingerprint density at radius 1 is 1.07 bits per heavy atom. The lowest BCUT2D eigenvalue weighted by Crippen LogP contribution is -2.29. The van der Waals surface area contributed by atoms with Crippen molar-refractivity contribution in [1.82, 2.24) is 14.9 Å². The van der Waals surface area contributed by atoms with E-state index in [1.165, 1.54) is 26.2 Å². The number of alkyl halides is 3. The predicted molar refractivity (Wildman–Crippen MR) is 155 cm³/mol. The number of aryl methyl sites for hydroxylation is 1. The zero-order chi connectivity index (χ0) is 29.5. The molecule has 1 aliphatic heterocycles. The molecule has 3 heterocycles. The Bertz CT molecular complexity index is 1620. The largest absolute Gasteiger partial charge is 0.495 e. The van der Waals surface area contributed by atoms with Crippen LogP contribution in [0.5, 0.6) is 5.75 Å². The summed E-state index contributed by atoms with van der Waals surface area (Å²) in [6.45, 7) is 5.00. The fourth-order valence-corrected chi connectivity index (χ4v) is 5.79. The first kappa shape index (κ1) is 28.2. The van der Waals surface area contributed by atoms with Crippen molar-refractivity contribution < 1.29 is 22.7 Å². The van der Waals surface area contributed by atoms with Gasteiger partial charge in [-0.05, 0) is 80.2 Å². The molecule has 0 saturated carbocycles.